The fourth-order valence-corrected chi connectivity index (χ4v) is 5.62. The van der Waals surface area contributed by atoms with Crippen LogP contribution in [-0.2, 0) is 19.5 Å². The van der Waals surface area contributed by atoms with E-state index < -0.39 is 26.8 Å². The Bertz CT molecular complexity index is 1960. The zero-order valence-corrected chi connectivity index (χ0v) is 22.8. The van der Waals surface area contributed by atoms with E-state index in [9.17, 15) is 32.8 Å². The summed E-state index contributed by atoms with van der Waals surface area (Å²) in [5.74, 6) is -1.55. The molecule has 0 aliphatic rings. The first-order chi connectivity index (χ1) is 20.1. The van der Waals surface area contributed by atoms with Crippen molar-refractivity contribution in [3.05, 3.63) is 96.1 Å². The summed E-state index contributed by atoms with van der Waals surface area (Å²) in [5.41, 5.74) is 0.756. The summed E-state index contributed by atoms with van der Waals surface area (Å²) in [4.78, 5) is 26.1. The minimum atomic E-state index is -4.60. The Morgan fingerprint density at radius 3 is 1.71 bits per heavy atom. The zero-order chi connectivity index (χ0) is 30.0. The molecule has 0 radical (unpaired) electrons. The predicted octanol–water partition coefficient (Wildman–Crippen LogP) is 5.58. The first kappa shape index (κ1) is 28.8. The highest BCUT2D eigenvalue weighted by Crippen LogP contribution is 2.39. The Balaban J connectivity index is 1.37. The van der Waals surface area contributed by atoms with Crippen LogP contribution in [0, 0.1) is 0 Å². The molecule has 6 N–H and O–H groups in total. The van der Waals surface area contributed by atoms with E-state index in [1.165, 1.54) is 48.5 Å². The Labute approximate surface area is 241 Å². The Morgan fingerprint density at radius 2 is 1.19 bits per heavy atom. The number of benzene rings is 5. The van der Waals surface area contributed by atoms with Gasteiger partial charge in [-0.05, 0) is 60.7 Å². The molecule has 0 aliphatic carbocycles. The maximum Gasteiger partial charge on any atom is 0.295 e. The number of nitrogens with one attached hydrogen (secondary N) is 2. The summed E-state index contributed by atoms with van der Waals surface area (Å²) in [6, 6.07) is 20.0. The van der Waals surface area contributed by atoms with Gasteiger partial charge in [0.25, 0.3) is 21.9 Å². The van der Waals surface area contributed by atoms with E-state index in [1.807, 2.05) is 0 Å². The predicted molar refractivity (Wildman–Crippen MR) is 154 cm³/mol. The van der Waals surface area contributed by atoms with Crippen LogP contribution in [0.2, 0.25) is 0 Å². The first-order valence-electron chi connectivity index (χ1n) is 11.9. The first-order valence-corrected chi connectivity index (χ1v) is 14.1. The van der Waals surface area contributed by atoms with Crippen LogP contribution in [0.1, 0.15) is 20.7 Å². The SMILES string of the molecule is O=C(Nc1cccc2c(SOOO)ccc(O)c12)c1ccc(C(=O)Nc2cccc3c(S(=O)(=O)O)ccc(O)c23)cc1. The van der Waals surface area contributed by atoms with Gasteiger partial charge in [-0.15, -0.1) is 4.33 Å². The van der Waals surface area contributed by atoms with E-state index in [4.69, 9.17) is 5.26 Å². The topological polar surface area (TPSA) is 192 Å². The highest BCUT2D eigenvalue weighted by atomic mass is 32.2. The number of aromatic hydroxyl groups is 2. The third-order valence-electron chi connectivity index (χ3n) is 6.30. The van der Waals surface area contributed by atoms with Crippen LogP contribution in [0.15, 0.2) is 94.7 Å². The monoisotopic (exact) mass is 608 g/mol. The van der Waals surface area contributed by atoms with E-state index in [0.717, 1.165) is 12.1 Å². The number of hydrogen-bond donors (Lipinski definition) is 6. The lowest BCUT2D eigenvalue weighted by atomic mass is 10.1. The summed E-state index contributed by atoms with van der Waals surface area (Å²) in [7, 11) is -4.60. The van der Waals surface area contributed by atoms with Crippen molar-refractivity contribution in [2.45, 2.75) is 9.79 Å². The van der Waals surface area contributed by atoms with E-state index in [0.29, 0.717) is 33.4 Å². The molecule has 5 rings (SSSR count). The number of carbonyl (C=O) groups excluding carboxylic acids is 2. The van der Waals surface area contributed by atoms with Gasteiger partial charge in [-0.3, -0.25) is 14.1 Å². The van der Waals surface area contributed by atoms with Gasteiger partial charge in [-0.25, -0.2) is 5.26 Å². The number of anilines is 2. The molecule has 5 aromatic carbocycles. The fraction of sp³-hybridized carbons (Fsp3) is 0. The van der Waals surface area contributed by atoms with Gasteiger partial charge in [0, 0.05) is 37.6 Å². The normalized spacial score (nSPS) is 11.5. The van der Waals surface area contributed by atoms with Crippen molar-refractivity contribution in [2.24, 2.45) is 0 Å². The van der Waals surface area contributed by atoms with Gasteiger partial charge >= 0.3 is 0 Å². The lowest BCUT2D eigenvalue weighted by Gasteiger charge is -2.13. The number of carbonyl (C=O) groups is 2. The number of phenols is 2. The Hall–Kier alpha value is -4.70. The maximum absolute atomic E-state index is 13.0. The smallest absolute Gasteiger partial charge is 0.295 e. The third-order valence-corrected chi connectivity index (χ3v) is 7.87. The molecule has 5 aromatic rings. The molecule has 42 heavy (non-hydrogen) atoms. The van der Waals surface area contributed by atoms with Gasteiger partial charge < -0.3 is 20.8 Å². The van der Waals surface area contributed by atoms with Crippen molar-refractivity contribution in [2.75, 3.05) is 10.6 Å². The molecular formula is C28H20N2O10S2. The highest BCUT2D eigenvalue weighted by molar-refractivity contribution is 7.94. The average Bonchev–Trinajstić information content (AvgIpc) is 2.96. The number of phenolic OH excluding ortho intramolecular Hbond substituents is 2. The number of hydrogen-bond acceptors (Lipinski definition) is 10. The molecule has 2 amide bonds. The highest BCUT2D eigenvalue weighted by Gasteiger charge is 2.19. The molecule has 0 saturated carbocycles. The van der Waals surface area contributed by atoms with Crippen molar-refractivity contribution in [3.63, 3.8) is 0 Å². The molecule has 14 heteroatoms. The Kier molecular flexibility index (Phi) is 8.00. The van der Waals surface area contributed by atoms with Crippen LogP contribution in [0.4, 0.5) is 11.4 Å². The van der Waals surface area contributed by atoms with E-state index >= 15 is 0 Å². The van der Waals surface area contributed by atoms with Gasteiger partial charge in [0.2, 0.25) is 0 Å². The molecule has 0 aliphatic heterocycles. The van der Waals surface area contributed by atoms with Crippen LogP contribution < -0.4 is 10.6 Å². The van der Waals surface area contributed by atoms with Gasteiger partial charge in [0.05, 0.1) is 23.4 Å². The van der Waals surface area contributed by atoms with Gasteiger partial charge in [0.1, 0.15) is 16.4 Å². The minimum absolute atomic E-state index is 0.0155. The molecule has 214 valence electrons. The zero-order valence-electron chi connectivity index (χ0n) is 21.1. The van der Waals surface area contributed by atoms with Crippen molar-refractivity contribution in [3.8, 4) is 11.5 Å². The number of rotatable bonds is 8. The molecule has 0 bridgehead atoms. The van der Waals surface area contributed by atoms with Crippen molar-refractivity contribution in [1.29, 1.82) is 0 Å². The maximum atomic E-state index is 13.0. The molecule has 0 aromatic heterocycles. The van der Waals surface area contributed by atoms with E-state index in [-0.39, 0.29) is 39.1 Å². The summed E-state index contributed by atoms with van der Waals surface area (Å²) < 4.78 is 37.6. The minimum Gasteiger partial charge on any atom is -0.507 e. The number of amides is 2. The molecule has 0 heterocycles. The van der Waals surface area contributed by atoms with Gasteiger partial charge in [0.15, 0.2) is 0 Å². The van der Waals surface area contributed by atoms with Crippen LogP contribution in [-0.4, -0.2) is 40.3 Å². The quantitative estimate of drug-likeness (QED) is 0.0557. The summed E-state index contributed by atoms with van der Waals surface area (Å²) >= 11 is 0.705. The van der Waals surface area contributed by atoms with Crippen LogP contribution in [0.5, 0.6) is 11.5 Å². The molecule has 12 nitrogen and oxygen atoms in total. The van der Waals surface area contributed by atoms with Crippen molar-refractivity contribution in [1.82, 2.24) is 0 Å². The van der Waals surface area contributed by atoms with E-state index in [1.54, 1.807) is 24.3 Å². The van der Waals surface area contributed by atoms with Crippen LogP contribution >= 0.6 is 12.0 Å². The van der Waals surface area contributed by atoms with Crippen LogP contribution in [0.25, 0.3) is 21.5 Å². The lowest BCUT2D eigenvalue weighted by molar-refractivity contribution is -0.432. The second-order valence-corrected chi connectivity index (χ2v) is 10.9. The summed E-state index contributed by atoms with van der Waals surface area (Å²) in [6.45, 7) is 0. The van der Waals surface area contributed by atoms with Crippen molar-refractivity contribution < 1.29 is 47.4 Å². The second-order valence-electron chi connectivity index (χ2n) is 8.81. The largest absolute Gasteiger partial charge is 0.507 e. The van der Waals surface area contributed by atoms with Gasteiger partial charge in [-0.1, -0.05) is 29.3 Å². The standard InChI is InChI=1S/C28H20N2O10S2/c31-21-11-13-23(41-40-39-35)17-3-1-5-19(25(17)21)29-27(33)15-7-9-16(10-8-15)28(34)30-20-6-2-4-18-24(42(36,37)38)14-12-22(32)26(18)20/h1-14,31-32,35H,(H,29,33)(H,30,34)(H,36,37,38). The summed E-state index contributed by atoms with van der Waals surface area (Å²) in [6.07, 6.45) is 0. The van der Waals surface area contributed by atoms with Crippen molar-refractivity contribution >= 4 is 66.9 Å². The lowest BCUT2D eigenvalue weighted by Crippen LogP contribution is -2.15. The number of fused-ring (bicyclic) bond motifs is 2. The molecule has 0 spiro atoms. The van der Waals surface area contributed by atoms with Crippen LogP contribution in [0.3, 0.4) is 0 Å². The summed E-state index contributed by atoms with van der Waals surface area (Å²) in [5, 5.41) is 39.1. The molecule has 0 unspecified atom stereocenters. The average molecular weight is 609 g/mol. The van der Waals surface area contributed by atoms with Gasteiger partial charge in [-0.2, -0.15) is 8.42 Å². The Morgan fingerprint density at radius 1 is 0.690 bits per heavy atom. The molecular weight excluding hydrogens is 588 g/mol. The second kappa shape index (κ2) is 11.7. The molecule has 0 fully saturated rings. The fourth-order valence-electron chi connectivity index (χ4n) is 4.44. The van der Waals surface area contributed by atoms with E-state index in [2.05, 4.69) is 20.0 Å². The third kappa shape index (κ3) is 5.71. The molecule has 0 atom stereocenters. The molecule has 0 saturated heterocycles.